The third-order valence-corrected chi connectivity index (χ3v) is 7.30. The second kappa shape index (κ2) is 11.4. The lowest BCUT2D eigenvalue weighted by Crippen LogP contribution is -2.49. The van der Waals surface area contributed by atoms with Gasteiger partial charge in [0, 0.05) is 32.3 Å². The monoisotopic (exact) mass is 429 g/mol. The van der Waals surface area contributed by atoms with E-state index in [9.17, 15) is 9.90 Å². The molecule has 3 fully saturated rings. The van der Waals surface area contributed by atoms with Gasteiger partial charge in [-0.15, -0.1) is 0 Å². The summed E-state index contributed by atoms with van der Waals surface area (Å²) in [7, 11) is 0. The van der Waals surface area contributed by atoms with E-state index in [2.05, 4.69) is 45.4 Å². The molecule has 3 heterocycles. The topological polar surface area (TPSA) is 65.0 Å². The zero-order valence-electron chi connectivity index (χ0n) is 18.8. The molecule has 0 aromatic heterocycles. The van der Waals surface area contributed by atoms with Crippen molar-refractivity contribution in [2.75, 3.05) is 45.9 Å². The number of piperidine rings is 1. The Labute approximate surface area is 186 Å². The first-order chi connectivity index (χ1) is 15.2. The van der Waals surface area contributed by atoms with Crippen LogP contribution in [-0.2, 0) is 16.0 Å². The average molecular weight is 430 g/mol. The molecule has 31 heavy (non-hydrogen) atoms. The quantitative estimate of drug-likeness (QED) is 0.620. The van der Waals surface area contributed by atoms with E-state index in [0.29, 0.717) is 19.0 Å². The van der Waals surface area contributed by atoms with E-state index >= 15 is 0 Å². The van der Waals surface area contributed by atoms with Gasteiger partial charge >= 0.3 is 0 Å². The molecule has 2 atom stereocenters. The van der Waals surface area contributed by atoms with Crippen LogP contribution < -0.4 is 5.32 Å². The van der Waals surface area contributed by atoms with E-state index < -0.39 is 6.10 Å². The fourth-order valence-corrected chi connectivity index (χ4v) is 5.51. The van der Waals surface area contributed by atoms with Gasteiger partial charge in [0.15, 0.2) is 0 Å². The van der Waals surface area contributed by atoms with Crippen LogP contribution in [0.4, 0.5) is 0 Å². The first kappa shape index (κ1) is 22.7. The number of amides is 1. The molecule has 2 N–H and O–H groups in total. The molecule has 172 valence electrons. The van der Waals surface area contributed by atoms with Gasteiger partial charge in [-0.2, -0.15) is 0 Å². The highest BCUT2D eigenvalue weighted by Gasteiger charge is 2.39. The van der Waals surface area contributed by atoms with Crippen molar-refractivity contribution in [3.05, 3.63) is 35.9 Å². The van der Waals surface area contributed by atoms with Crippen molar-refractivity contribution in [2.24, 2.45) is 5.92 Å². The first-order valence-electron chi connectivity index (χ1n) is 12.2. The molecule has 0 unspecified atom stereocenters. The number of rotatable bonds is 8. The minimum Gasteiger partial charge on any atom is -0.392 e. The predicted molar refractivity (Wildman–Crippen MR) is 122 cm³/mol. The molecule has 1 aromatic rings. The molecule has 0 saturated carbocycles. The normalized spacial score (nSPS) is 26.9. The van der Waals surface area contributed by atoms with Crippen LogP contribution in [0, 0.1) is 5.92 Å². The van der Waals surface area contributed by atoms with Crippen molar-refractivity contribution in [1.29, 1.82) is 0 Å². The summed E-state index contributed by atoms with van der Waals surface area (Å²) in [5.74, 6) is 0.882. The van der Waals surface area contributed by atoms with Gasteiger partial charge in [-0.05, 0) is 76.1 Å². The van der Waals surface area contributed by atoms with Gasteiger partial charge in [0.05, 0.1) is 12.1 Å². The number of carbonyl (C=O) groups is 1. The zero-order chi connectivity index (χ0) is 21.5. The number of ether oxygens (including phenoxy) is 1. The minimum absolute atomic E-state index is 0.0876. The number of likely N-dealkylation sites (tertiary alicyclic amines) is 2. The zero-order valence-corrected chi connectivity index (χ0v) is 18.8. The summed E-state index contributed by atoms with van der Waals surface area (Å²) in [4.78, 5) is 17.6. The smallest absolute Gasteiger partial charge is 0.237 e. The van der Waals surface area contributed by atoms with Gasteiger partial charge in [-0.1, -0.05) is 30.3 Å². The lowest BCUT2D eigenvalue weighted by molar-refractivity contribution is -0.127. The second-order valence-corrected chi connectivity index (χ2v) is 9.56. The standard InChI is InChI=1S/C25H39N3O3/c29-23-18-24(28(19-23)22-9-15-31-16-10-22)25(30)26-11-4-12-27-13-7-21(8-14-27)17-20-5-2-1-3-6-20/h1-3,5-6,21-24,29H,4,7-19H2,(H,26,30)/t23-,24+/m1/s1. The Morgan fingerprint density at radius 2 is 1.84 bits per heavy atom. The summed E-state index contributed by atoms with van der Waals surface area (Å²) in [6.07, 6.45) is 6.79. The van der Waals surface area contributed by atoms with Gasteiger partial charge in [0.25, 0.3) is 0 Å². The molecule has 1 amide bonds. The van der Waals surface area contributed by atoms with E-state index in [1.807, 2.05) is 0 Å². The molecule has 4 rings (SSSR count). The van der Waals surface area contributed by atoms with Crippen LogP contribution >= 0.6 is 0 Å². The Morgan fingerprint density at radius 1 is 1.10 bits per heavy atom. The molecule has 6 nitrogen and oxygen atoms in total. The molecule has 0 radical (unpaired) electrons. The fourth-order valence-electron chi connectivity index (χ4n) is 5.51. The second-order valence-electron chi connectivity index (χ2n) is 9.56. The van der Waals surface area contributed by atoms with E-state index in [1.165, 1.54) is 24.8 Å². The van der Waals surface area contributed by atoms with Crippen LogP contribution in [0.15, 0.2) is 30.3 Å². The predicted octanol–water partition coefficient (Wildman–Crippen LogP) is 2.06. The molecule has 0 spiro atoms. The van der Waals surface area contributed by atoms with Crippen LogP contribution in [0.1, 0.15) is 44.1 Å². The third kappa shape index (κ3) is 6.51. The summed E-state index contributed by atoms with van der Waals surface area (Å²) in [5.41, 5.74) is 1.45. The summed E-state index contributed by atoms with van der Waals surface area (Å²) in [6.45, 7) is 6.23. The van der Waals surface area contributed by atoms with E-state index in [4.69, 9.17) is 4.74 Å². The lowest BCUT2D eigenvalue weighted by atomic mass is 9.90. The van der Waals surface area contributed by atoms with Gasteiger partial charge in [-0.3, -0.25) is 9.69 Å². The summed E-state index contributed by atoms with van der Waals surface area (Å²) in [6, 6.07) is 11.0. The Kier molecular flexibility index (Phi) is 8.36. The summed E-state index contributed by atoms with van der Waals surface area (Å²) in [5, 5.41) is 13.3. The molecular weight excluding hydrogens is 390 g/mol. The van der Waals surface area contributed by atoms with E-state index in [1.54, 1.807) is 0 Å². The number of hydrogen-bond donors (Lipinski definition) is 2. The van der Waals surface area contributed by atoms with Crippen molar-refractivity contribution >= 4 is 5.91 Å². The van der Waals surface area contributed by atoms with Crippen molar-refractivity contribution in [3.8, 4) is 0 Å². The number of carbonyl (C=O) groups excluding carboxylic acids is 1. The van der Waals surface area contributed by atoms with Crippen LogP contribution in [0.3, 0.4) is 0 Å². The number of hydrogen-bond acceptors (Lipinski definition) is 5. The molecule has 0 bridgehead atoms. The maximum atomic E-state index is 12.8. The number of β-amino-alcohol motifs (C(OH)–C–C–N with tert-alkyl or cyclic N) is 1. The Hall–Kier alpha value is -1.47. The van der Waals surface area contributed by atoms with Crippen molar-refractivity contribution < 1.29 is 14.6 Å². The summed E-state index contributed by atoms with van der Waals surface area (Å²) < 4.78 is 5.46. The minimum atomic E-state index is -0.393. The lowest BCUT2D eigenvalue weighted by Gasteiger charge is -2.34. The van der Waals surface area contributed by atoms with Crippen molar-refractivity contribution in [1.82, 2.24) is 15.1 Å². The molecule has 3 aliphatic heterocycles. The number of aliphatic hydroxyl groups excluding tert-OH is 1. The largest absolute Gasteiger partial charge is 0.392 e. The number of aliphatic hydroxyl groups is 1. The maximum Gasteiger partial charge on any atom is 0.237 e. The molecule has 3 saturated heterocycles. The Bertz CT molecular complexity index is 672. The van der Waals surface area contributed by atoms with Crippen molar-refractivity contribution in [3.63, 3.8) is 0 Å². The average Bonchev–Trinajstić information content (AvgIpc) is 3.21. The Morgan fingerprint density at radius 3 is 2.58 bits per heavy atom. The highest BCUT2D eigenvalue weighted by molar-refractivity contribution is 5.82. The van der Waals surface area contributed by atoms with Crippen LogP contribution in [0.25, 0.3) is 0 Å². The van der Waals surface area contributed by atoms with E-state index in [0.717, 1.165) is 64.6 Å². The molecule has 0 aliphatic carbocycles. The van der Waals surface area contributed by atoms with Gasteiger partial charge < -0.3 is 20.1 Å². The van der Waals surface area contributed by atoms with Gasteiger partial charge in [0.1, 0.15) is 0 Å². The number of nitrogens with zero attached hydrogens (tertiary/aromatic N) is 2. The Balaban J connectivity index is 1.13. The molecule has 6 heteroatoms. The molecule has 3 aliphatic rings. The molecule has 1 aromatic carbocycles. The van der Waals surface area contributed by atoms with Crippen LogP contribution in [-0.4, -0.2) is 84.9 Å². The SMILES string of the molecule is O=C(NCCCN1CCC(Cc2ccccc2)CC1)[C@@H]1C[C@@H](O)CN1C1CCOCC1. The highest BCUT2D eigenvalue weighted by atomic mass is 16.5. The third-order valence-electron chi connectivity index (χ3n) is 7.30. The van der Waals surface area contributed by atoms with E-state index in [-0.39, 0.29) is 11.9 Å². The number of nitrogens with one attached hydrogen (secondary N) is 1. The molecular formula is C25H39N3O3. The van der Waals surface area contributed by atoms with Gasteiger partial charge in [0.2, 0.25) is 5.91 Å². The van der Waals surface area contributed by atoms with Gasteiger partial charge in [-0.25, -0.2) is 0 Å². The van der Waals surface area contributed by atoms with Crippen LogP contribution in [0.5, 0.6) is 0 Å². The maximum absolute atomic E-state index is 12.8. The first-order valence-corrected chi connectivity index (χ1v) is 12.2. The highest BCUT2D eigenvalue weighted by Crippen LogP contribution is 2.26. The summed E-state index contributed by atoms with van der Waals surface area (Å²) >= 11 is 0. The number of benzene rings is 1. The van der Waals surface area contributed by atoms with Crippen LogP contribution in [0.2, 0.25) is 0 Å². The van der Waals surface area contributed by atoms with Crippen molar-refractivity contribution in [2.45, 2.75) is 63.1 Å². The fraction of sp³-hybridized carbons (Fsp3) is 0.720.